The number of hydrogen-bond acceptors (Lipinski definition) is 11. The summed E-state index contributed by atoms with van der Waals surface area (Å²) in [5.41, 5.74) is -1.53. The van der Waals surface area contributed by atoms with Crippen molar-refractivity contribution in [1.29, 1.82) is 0 Å². The summed E-state index contributed by atoms with van der Waals surface area (Å²) in [6.07, 6.45) is 14.0. The number of ketones is 2. The summed E-state index contributed by atoms with van der Waals surface area (Å²) < 4.78 is 24.5. The van der Waals surface area contributed by atoms with Gasteiger partial charge in [-0.3, -0.25) is 28.8 Å². The molecule has 13 atom stereocenters. The number of nitrogens with one attached hydrogen (secondary N) is 4. The van der Waals surface area contributed by atoms with Crippen LogP contribution >= 0.6 is 0 Å². The zero-order valence-corrected chi connectivity index (χ0v) is 37.2. The highest BCUT2D eigenvalue weighted by molar-refractivity contribution is 6.01. The molecule has 3 saturated carbocycles. The Morgan fingerprint density at radius 2 is 1.67 bits per heavy atom. The normalized spacial score (nSPS) is 33.0. The average Bonchev–Trinajstić information content (AvgIpc) is 3.70. The summed E-state index contributed by atoms with van der Waals surface area (Å²) in [7, 11) is 0. The fourth-order valence-electron chi connectivity index (χ4n) is 10.9. The van der Waals surface area contributed by atoms with Crippen molar-refractivity contribution < 1.29 is 52.8 Å². The second-order valence-electron chi connectivity index (χ2n) is 18.4. The first kappa shape index (κ1) is 48.3. The molecule has 0 aromatic rings. The van der Waals surface area contributed by atoms with Crippen LogP contribution in [0, 0.1) is 28.6 Å². The van der Waals surface area contributed by atoms with E-state index in [2.05, 4.69) is 34.8 Å². The minimum absolute atomic E-state index is 0.0149. The van der Waals surface area contributed by atoms with Gasteiger partial charge in [-0.2, -0.15) is 0 Å². The van der Waals surface area contributed by atoms with Crippen LogP contribution in [0.1, 0.15) is 119 Å². The van der Waals surface area contributed by atoms with E-state index in [4.69, 9.17) is 18.9 Å². The molecule has 4 amide bonds. The minimum Gasteiger partial charge on any atom is -0.393 e. The summed E-state index contributed by atoms with van der Waals surface area (Å²) in [6, 6.07) is -2.96. The summed E-state index contributed by atoms with van der Waals surface area (Å²) in [4.78, 5) is 77.8. The molecule has 5 aliphatic rings. The van der Waals surface area contributed by atoms with Crippen molar-refractivity contribution in [3.63, 3.8) is 0 Å². The molecule has 5 N–H and O–H groups in total. The summed E-state index contributed by atoms with van der Waals surface area (Å²) in [5, 5.41) is 22.3. The van der Waals surface area contributed by atoms with Crippen LogP contribution in [-0.2, 0) is 47.7 Å². The first-order valence-electron chi connectivity index (χ1n) is 22.4. The maximum atomic E-state index is 14.5. The molecule has 0 aromatic heterocycles. The van der Waals surface area contributed by atoms with Gasteiger partial charge in [-0.25, -0.2) is 0 Å². The third-order valence-corrected chi connectivity index (χ3v) is 14.1. The molecule has 340 valence electrons. The summed E-state index contributed by atoms with van der Waals surface area (Å²) in [5.74, 6) is -2.59. The molecule has 0 aromatic carbocycles. The predicted octanol–water partition coefficient (Wildman–Crippen LogP) is 3.87. The van der Waals surface area contributed by atoms with E-state index in [-0.39, 0.29) is 55.4 Å². The van der Waals surface area contributed by atoms with Gasteiger partial charge < -0.3 is 45.3 Å². The lowest BCUT2D eigenvalue weighted by molar-refractivity contribution is -0.201. The van der Waals surface area contributed by atoms with Crippen molar-refractivity contribution in [3.05, 3.63) is 36.5 Å². The fourth-order valence-corrected chi connectivity index (χ4v) is 10.9. The maximum Gasteiger partial charge on any atom is 0.246 e. The Morgan fingerprint density at radius 3 is 2.36 bits per heavy atom. The third-order valence-electron chi connectivity index (χ3n) is 14.1. The number of amides is 4. The van der Waals surface area contributed by atoms with Crippen LogP contribution in [-0.4, -0.2) is 109 Å². The van der Waals surface area contributed by atoms with Gasteiger partial charge in [0.05, 0.1) is 18.3 Å². The molecular formula is C46H70N4O11. The van der Waals surface area contributed by atoms with Crippen LogP contribution in [0.3, 0.4) is 0 Å². The van der Waals surface area contributed by atoms with Crippen molar-refractivity contribution >= 4 is 35.2 Å². The van der Waals surface area contributed by atoms with Crippen LogP contribution in [0.25, 0.3) is 0 Å². The van der Waals surface area contributed by atoms with E-state index < -0.39 is 76.7 Å². The van der Waals surface area contributed by atoms with Gasteiger partial charge in [-0.05, 0) is 103 Å². The molecule has 4 fully saturated rings. The zero-order valence-electron chi connectivity index (χ0n) is 37.2. The molecule has 1 aliphatic heterocycles. The standard InChI is InChI=1S/C46H70N4O11/c1-9-11-12-13-14-16-27(3)59-25-38(54)48-29(5)42(56)50-30(6)43(57)49-28(4)41(55)47-26-58-24-36(53)46-37(60-39(61-46)15-10-2)22-34-33-18-17-31-21-32(51)19-20-44(31,7)40(33)35(52)23-45(34,46)8/h9,19-21,27-30,33-35,37,39-40,52H,1,10-18,22-26H2,2-8H3,(H,47,55)(H,48,54)(H,49,57)(H,50,56)/t27?,28-,29-,30+,33-,34-,35-,37+,39?,40+,44-,45-,46+/m0/s1. The zero-order chi connectivity index (χ0) is 44.7. The smallest absolute Gasteiger partial charge is 0.246 e. The molecule has 0 bridgehead atoms. The first-order valence-corrected chi connectivity index (χ1v) is 22.4. The van der Waals surface area contributed by atoms with E-state index in [1.54, 1.807) is 12.2 Å². The quantitative estimate of drug-likeness (QED) is 0.0600. The number of carbonyl (C=O) groups excluding carboxylic acids is 6. The van der Waals surface area contributed by atoms with Crippen LogP contribution in [0.2, 0.25) is 0 Å². The first-order chi connectivity index (χ1) is 28.9. The largest absolute Gasteiger partial charge is 0.393 e. The number of aliphatic hydroxyl groups is 1. The molecule has 61 heavy (non-hydrogen) atoms. The number of Topliss-reactive ketones (excluding diaryl/α,β-unsaturated/α-hetero) is 1. The van der Waals surface area contributed by atoms with Gasteiger partial charge in [-0.1, -0.05) is 57.8 Å². The van der Waals surface area contributed by atoms with E-state index in [1.807, 2.05) is 32.9 Å². The van der Waals surface area contributed by atoms with Gasteiger partial charge in [0.15, 0.2) is 23.5 Å². The number of hydrogen-bond donors (Lipinski definition) is 5. The van der Waals surface area contributed by atoms with E-state index >= 15 is 0 Å². The Kier molecular flexibility index (Phi) is 16.3. The van der Waals surface area contributed by atoms with Crippen LogP contribution in [0.4, 0.5) is 0 Å². The highest BCUT2D eigenvalue weighted by atomic mass is 16.7. The molecule has 0 spiro atoms. The second-order valence-corrected chi connectivity index (χ2v) is 18.4. The SMILES string of the molecule is C=CCCCCCC(C)OCC(=O)N[C@@H](C)C(=O)N[C@H](C)C(=O)N[C@@H](C)C(=O)NCOCC(=O)[C@@]12OC(CCC)O[C@@H]1C[C@H]1[C@@H]3CCC4=CC(=O)C=C[C@]4(C)[C@H]3[C@@H](O)C[C@@]12C. The lowest BCUT2D eigenvalue weighted by atomic mass is 9.46. The van der Waals surface area contributed by atoms with Crippen molar-refractivity contribution in [2.24, 2.45) is 28.6 Å². The van der Waals surface area contributed by atoms with Crippen molar-refractivity contribution in [3.8, 4) is 0 Å². The number of fused-ring (bicyclic) bond motifs is 7. The molecule has 1 heterocycles. The molecule has 5 rings (SSSR count). The maximum absolute atomic E-state index is 14.5. The van der Waals surface area contributed by atoms with Crippen LogP contribution in [0.15, 0.2) is 36.5 Å². The lowest BCUT2D eigenvalue weighted by Gasteiger charge is -2.59. The Labute approximate surface area is 360 Å². The average molecular weight is 855 g/mol. The van der Waals surface area contributed by atoms with Gasteiger partial charge in [0.2, 0.25) is 23.6 Å². The third kappa shape index (κ3) is 10.4. The van der Waals surface area contributed by atoms with Gasteiger partial charge in [0, 0.05) is 16.7 Å². The van der Waals surface area contributed by atoms with Gasteiger partial charge in [0.25, 0.3) is 0 Å². The number of ether oxygens (including phenoxy) is 4. The van der Waals surface area contributed by atoms with Crippen LogP contribution in [0.5, 0.6) is 0 Å². The second kappa shape index (κ2) is 20.6. The number of unbranched alkanes of at least 4 members (excludes halogenated alkanes) is 3. The van der Waals surface area contributed by atoms with E-state index in [0.29, 0.717) is 19.3 Å². The molecule has 4 aliphatic carbocycles. The van der Waals surface area contributed by atoms with Crippen molar-refractivity contribution in [2.75, 3.05) is 19.9 Å². The number of rotatable bonds is 22. The van der Waals surface area contributed by atoms with Gasteiger partial charge in [0.1, 0.15) is 38.1 Å². The highest BCUT2D eigenvalue weighted by Crippen LogP contribution is 2.69. The molecule has 2 unspecified atom stereocenters. The predicted molar refractivity (Wildman–Crippen MR) is 226 cm³/mol. The monoisotopic (exact) mass is 855 g/mol. The van der Waals surface area contributed by atoms with Crippen LogP contribution < -0.4 is 21.3 Å². The molecule has 15 heteroatoms. The fraction of sp³-hybridized carbons (Fsp3) is 0.739. The highest BCUT2D eigenvalue weighted by Gasteiger charge is 2.75. The topological polar surface area (TPSA) is 208 Å². The Bertz CT molecular complexity index is 1720. The van der Waals surface area contributed by atoms with Gasteiger partial charge >= 0.3 is 0 Å². The van der Waals surface area contributed by atoms with E-state index in [1.165, 1.54) is 20.8 Å². The molecule has 15 nitrogen and oxygen atoms in total. The number of carbonyl (C=O) groups is 6. The molecule has 1 saturated heterocycles. The molecular weight excluding hydrogens is 785 g/mol. The number of aliphatic hydroxyl groups excluding tert-OH is 1. The number of allylic oxidation sites excluding steroid dienone is 5. The minimum atomic E-state index is -1.36. The lowest BCUT2D eigenvalue weighted by Crippen LogP contribution is -2.63. The summed E-state index contributed by atoms with van der Waals surface area (Å²) in [6.45, 7) is 15.3. The van der Waals surface area contributed by atoms with E-state index in [0.717, 1.165) is 56.9 Å². The Balaban J connectivity index is 1.08. The molecule has 0 radical (unpaired) electrons. The van der Waals surface area contributed by atoms with Crippen molar-refractivity contribution in [1.82, 2.24) is 21.3 Å². The Hall–Kier alpha value is -3.76. The van der Waals surface area contributed by atoms with E-state index in [9.17, 15) is 33.9 Å². The Morgan fingerprint density at radius 1 is 0.984 bits per heavy atom. The summed E-state index contributed by atoms with van der Waals surface area (Å²) >= 11 is 0. The van der Waals surface area contributed by atoms with Gasteiger partial charge in [-0.15, -0.1) is 6.58 Å². The van der Waals surface area contributed by atoms with Crippen molar-refractivity contribution in [2.45, 2.75) is 167 Å².